The van der Waals surface area contributed by atoms with Gasteiger partial charge in [0.1, 0.15) is 11.9 Å². The third kappa shape index (κ3) is 7.18. The number of benzene rings is 2. The molecule has 12 nitrogen and oxygen atoms in total. The van der Waals surface area contributed by atoms with Crippen molar-refractivity contribution in [3.05, 3.63) is 92.3 Å². The van der Waals surface area contributed by atoms with Gasteiger partial charge in [0.15, 0.2) is 10.8 Å². The predicted octanol–water partition coefficient (Wildman–Crippen LogP) is 4.20. The zero-order chi connectivity index (χ0) is 34.7. The van der Waals surface area contributed by atoms with Gasteiger partial charge in [-0.05, 0) is 36.2 Å². The molecule has 1 N–H and O–H groups in total. The predicted molar refractivity (Wildman–Crippen MR) is 182 cm³/mol. The number of hydrogen-bond donors (Lipinski definition) is 1. The second-order valence-corrected chi connectivity index (χ2v) is 13.1. The molecular formula is C34H36ClFN6O6S. The van der Waals surface area contributed by atoms with E-state index in [0.29, 0.717) is 54.8 Å². The monoisotopic (exact) mass is 710 g/mol. The number of nitrogens with one attached hydrogen (secondary N) is 1. The molecule has 0 radical (unpaired) electrons. The number of aromatic nitrogens is 1. The number of halogens is 2. The van der Waals surface area contributed by atoms with Crippen molar-refractivity contribution in [2.24, 2.45) is 4.99 Å². The average Bonchev–Trinajstić information content (AvgIpc) is 3.77. The Morgan fingerprint density at radius 1 is 1.10 bits per heavy atom. The molecule has 49 heavy (non-hydrogen) atoms. The molecule has 3 aliphatic heterocycles. The molecule has 3 aromatic rings. The molecule has 258 valence electrons. The summed E-state index contributed by atoms with van der Waals surface area (Å²) in [5, 5.41) is 5.91. The molecule has 0 saturated carbocycles. The molecule has 0 unspecified atom stereocenters. The molecule has 2 saturated heterocycles. The summed E-state index contributed by atoms with van der Waals surface area (Å²) in [6.07, 6.45) is 2.48. The third-order valence-electron chi connectivity index (χ3n) is 9.00. The van der Waals surface area contributed by atoms with E-state index in [1.54, 1.807) is 18.2 Å². The summed E-state index contributed by atoms with van der Waals surface area (Å²) in [6.45, 7) is 1.99. The van der Waals surface area contributed by atoms with Crippen LogP contribution in [0.25, 0.3) is 0 Å². The van der Waals surface area contributed by atoms with E-state index in [1.165, 1.54) is 43.8 Å². The lowest BCUT2D eigenvalue weighted by Gasteiger charge is -2.44. The van der Waals surface area contributed by atoms with Crippen molar-refractivity contribution in [1.29, 1.82) is 0 Å². The van der Waals surface area contributed by atoms with Gasteiger partial charge >= 0.3 is 18.0 Å². The SMILES string of the molecule is COC[C@H]1[C@@H]2CN(c3ccc(CCC(=O)OC)cc3)C(=O)N2CCN1CC1=C(C(=O)OC)[C@H](c2ccc(F)cc2Cl)N=C(c2nccs2)N1. The van der Waals surface area contributed by atoms with Crippen LogP contribution in [-0.4, -0.2) is 105 Å². The number of nitrogens with zero attached hydrogens (tertiary/aromatic N) is 5. The first-order chi connectivity index (χ1) is 23.7. The number of urea groups is 1. The molecule has 4 heterocycles. The van der Waals surface area contributed by atoms with Gasteiger partial charge in [-0.1, -0.05) is 29.8 Å². The highest BCUT2D eigenvalue weighted by Gasteiger charge is 2.47. The van der Waals surface area contributed by atoms with Gasteiger partial charge in [-0.25, -0.2) is 19.0 Å². The number of esters is 2. The van der Waals surface area contributed by atoms with Crippen molar-refractivity contribution in [3.8, 4) is 0 Å². The number of thiazole rings is 1. The number of carbonyl (C=O) groups is 3. The van der Waals surface area contributed by atoms with Crippen LogP contribution in [0.15, 0.2) is 70.3 Å². The second kappa shape index (κ2) is 15.0. The van der Waals surface area contributed by atoms with Gasteiger partial charge in [-0.3, -0.25) is 19.6 Å². The molecule has 2 amide bonds. The number of aryl methyl sites for hydroxylation is 1. The van der Waals surface area contributed by atoms with Gasteiger partial charge in [0.2, 0.25) is 0 Å². The fourth-order valence-electron chi connectivity index (χ4n) is 6.56. The van der Waals surface area contributed by atoms with E-state index in [1.807, 2.05) is 34.5 Å². The van der Waals surface area contributed by atoms with Crippen LogP contribution in [0.3, 0.4) is 0 Å². The minimum atomic E-state index is -0.892. The van der Waals surface area contributed by atoms with Crippen LogP contribution >= 0.6 is 22.9 Å². The number of aliphatic imine (C=N–C) groups is 1. The number of piperazine rings is 1. The van der Waals surface area contributed by atoms with Crippen LogP contribution in [0.4, 0.5) is 14.9 Å². The Balaban J connectivity index is 1.29. The Kier molecular flexibility index (Phi) is 10.6. The molecule has 2 fully saturated rings. The van der Waals surface area contributed by atoms with Crippen molar-refractivity contribution >= 4 is 52.4 Å². The Bertz CT molecular complexity index is 1770. The lowest BCUT2D eigenvalue weighted by molar-refractivity contribution is -0.140. The molecule has 3 aliphatic rings. The van der Waals surface area contributed by atoms with Crippen LogP contribution < -0.4 is 10.2 Å². The zero-order valence-electron chi connectivity index (χ0n) is 27.2. The summed E-state index contributed by atoms with van der Waals surface area (Å²) in [5.74, 6) is -0.939. The maximum absolute atomic E-state index is 14.1. The number of fused-ring (bicyclic) bond motifs is 1. The van der Waals surface area contributed by atoms with E-state index in [9.17, 15) is 18.8 Å². The number of hydrogen-bond acceptors (Lipinski definition) is 11. The summed E-state index contributed by atoms with van der Waals surface area (Å²) < 4.78 is 29.8. The first-order valence-corrected chi connectivity index (χ1v) is 17.0. The number of amidine groups is 1. The first-order valence-electron chi connectivity index (χ1n) is 15.7. The van der Waals surface area contributed by atoms with E-state index in [4.69, 9.17) is 30.8 Å². The Labute approximate surface area is 292 Å². The van der Waals surface area contributed by atoms with Gasteiger partial charge < -0.3 is 24.4 Å². The van der Waals surface area contributed by atoms with Gasteiger partial charge in [0.05, 0.1) is 38.5 Å². The molecule has 6 rings (SSSR count). The lowest BCUT2D eigenvalue weighted by atomic mass is 9.94. The largest absolute Gasteiger partial charge is 0.469 e. The van der Waals surface area contributed by atoms with Crippen molar-refractivity contribution in [1.82, 2.24) is 20.1 Å². The Morgan fingerprint density at radius 2 is 1.90 bits per heavy atom. The highest BCUT2D eigenvalue weighted by molar-refractivity contribution is 7.11. The molecular weight excluding hydrogens is 675 g/mol. The van der Waals surface area contributed by atoms with Crippen molar-refractivity contribution < 1.29 is 33.0 Å². The number of carbonyl (C=O) groups excluding carboxylic acids is 3. The summed E-state index contributed by atoms with van der Waals surface area (Å²) in [6, 6.07) is 10.2. The fraction of sp³-hybridized carbons (Fsp3) is 0.382. The zero-order valence-corrected chi connectivity index (χ0v) is 28.8. The summed E-state index contributed by atoms with van der Waals surface area (Å²) in [5.41, 5.74) is 2.96. The van der Waals surface area contributed by atoms with Crippen molar-refractivity contribution in [2.75, 3.05) is 59.0 Å². The maximum Gasteiger partial charge on any atom is 0.338 e. The summed E-state index contributed by atoms with van der Waals surface area (Å²) >= 11 is 7.91. The van der Waals surface area contributed by atoms with E-state index >= 15 is 0 Å². The van der Waals surface area contributed by atoms with Gasteiger partial charge in [-0.2, -0.15) is 0 Å². The number of rotatable bonds is 11. The minimum absolute atomic E-state index is 0.0949. The smallest absolute Gasteiger partial charge is 0.338 e. The average molecular weight is 711 g/mol. The molecule has 0 spiro atoms. The number of methoxy groups -OCH3 is 3. The van der Waals surface area contributed by atoms with Gasteiger partial charge in [0, 0.05) is 73.3 Å². The first kappa shape index (κ1) is 34.5. The van der Waals surface area contributed by atoms with E-state index in [-0.39, 0.29) is 47.6 Å². The third-order valence-corrected chi connectivity index (χ3v) is 10.1. The topological polar surface area (TPSA) is 126 Å². The molecule has 2 aromatic carbocycles. The fourth-order valence-corrected chi connectivity index (χ4v) is 7.42. The Hall–Kier alpha value is -4.37. The van der Waals surface area contributed by atoms with Gasteiger partial charge in [-0.15, -0.1) is 11.3 Å². The second-order valence-electron chi connectivity index (χ2n) is 11.8. The molecule has 0 aliphatic carbocycles. The summed E-state index contributed by atoms with van der Waals surface area (Å²) in [7, 11) is 4.29. The van der Waals surface area contributed by atoms with Crippen LogP contribution in [0.1, 0.15) is 28.6 Å². The van der Waals surface area contributed by atoms with Crippen LogP contribution in [0.5, 0.6) is 0 Å². The number of ether oxygens (including phenoxy) is 3. The normalized spacial score (nSPS) is 21.0. The van der Waals surface area contributed by atoms with Crippen molar-refractivity contribution in [3.63, 3.8) is 0 Å². The van der Waals surface area contributed by atoms with Crippen molar-refractivity contribution in [2.45, 2.75) is 31.0 Å². The van der Waals surface area contributed by atoms with E-state index < -0.39 is 17.8 Å². The summed E-state index contributed by atoms with van der Waals surface area (Å²) in [4.78, 5) is 53.9. The van der Waals surface area contributed by atoms with E-state index in [2.05, 4.69) is 15.2 Å². The standard InChI is InChI=1S/C34H36ClFN6O6S/c1-46-19-27-26-18-42(22-8-4-20(5-9-22)6-11-28(43)47-2)34(45)41(26)14-13-40(27)17-25-29(33(44)48-3)30(23-10-7-21(36)16-24(23)35)39-31(38-25)32-37-12-15-49-32/h4-5,7-10,12,15-16,26-27,30H,6,11,13-14,17-19H2,1-3H3,(H,38,39)/t26-,27-,30-/m0/s1. The maximum atomic E-state index is 14.1. The highest BCUT2D eigenvalue weighted by atomic mass is 35.5. The Morgan fingerprint density at radius 3 is 2.57 bits per heavy atom. The number of anilines is 1. The molecule has 1 aromatic heterocycles. The molecule has 0 bridgehead atoms. The van der Waals surface area contributed by atoms with E-state index in [0.717, 1.165) is 11.3 Å². The molecule has 3 atom stereocenters. The number of amides is 2. The van der Waals surface area contributed by atoms with Gasteiger partial charge in [0.25, 0.3) is 0 Å². The van der Waals surface area contributed by atoms with Crippen LogP contribution in [-0.2, 0) is 30.2 Å². The molecule has 15 heteroatoms. The lowest BCUT2D eigenvalue weighted by Crippen LogP contribution is -2.61. The van der Waals surface area contributed by atoms with Crippen LogP contribution in [0.2, 0.25) is 5.02 Å². The highest BCUT2D eigenvalue weighted by Crippen LogP contribution is 2.38. The van der Waals surface area contributed by atoms with Crippen LogP contribution in [0, 0.1) is 5.82 Å². The minimum Gasteiger partial charge on any atom is -0.469 e. The quantitative estimate of drug-likeness (QED) is 0.292.